The van der Waals surface area contributed by atoms with Gasteiger partial charge in [0, 0.05) is 6.42 Å². The fourth-order valence-electron chi connectivity index (χ4n) is 2.18. The largest absolute Gasteiger partial charge is 0.299 e. The first-order valence-corrected chi connectivity index (χ1v) is 4.61. The van der Waals surface area contributed by atoms with Gasteiger partial charge in [-0.2, -0.15) is 0 Å². The van der Waals surface area contributed by atoms with Crippen molar-refractivity contribution in [2.45, 2.75) is 32.6 Å². The van der Waals surface area contributed by atoms with E-state index in [-0.39, 0.29) is 5.41 Å². The van der Waals surface area contributed by atoms with E-state index in [0.717, 1.165) is 25.7 Å². The number of carbonyl (C=O) groups is 1. The van der Waals surface area contributed by atoms with Crippen LogP contribution in [0.15, 0.2) is 23.8 Å². The Bertz CT molecular complexity index is 273. The van der Waals surface area contributed by atoms with Crippen molar-refractivity contribution in [2.24, 2.45) is 5.41 Å². The number of allylic oxidation sites excluding steroid dienone is 4. The molecule has 0 aromatic carbocycles. The highest BCUT2D eigenvalue weighted by molar-refractivity contribution is 5.91. The summed E-state index contributed by atoms with van der Waals surface area (Å²) in [4.78, 5) is 11.6. The smallest absolute Gasteiger partial charge is 0.143 e. The third-order valence-corrected chi connectivity index (χ3v) is 3.14. The first-order valence-electron chi connectivity index (χ1n) is 4.61. The van der Waals surface area contributed by atoms with Gasteiger partial charge in [-0.1, -0.05) is 23.8 Å². The SMILES string of the molecule is CC12CC=CCC=C1CCC2=O. The van der Waals surface area contributed by atoms with Gasteiger partial charge in [-0.15, -0.1) is 0 Å². The lowest BCUT2D eigenvalue weighted by molar-refractivity contribution is -0.123. The molecule has 1 unspecified atom stereocenters. The van der Waals surface area contributed by atoms with Crippen LogP contribution in [-0.4, -0.2) is 5.78 Å². The van der Waals surface area contributed by atoms with Crippen molar-refractivity contribution in [3.63, 3.8) is 0 Å². The Kier molecular flexibility index (Phi) is 1.67. The molecule has 0 radical (unpaired) electrons. The molecule has 0 aliphatic heterocycles. The van der Waals surface area contributed by atoms with Crippen LogP contribution < -0.4 is 0 Å². The van der Waals surface area contributed by atoms with E-state index in [1.165, 1.54) is 5.57 Å². The normalized spacial score (nSPS) is 34.4. The molecule has 1 nitrogen and oxygen atoms in total. The molecule has 12 heavy (non-hydrogen) atoms. The fraction of sp³-hybridized carbons (Fsp3) is 0.545. The maximum atomic E-state index is 11.6. The van der Waals surface area contributed by atoms with Gasteiger partial charge < -0.3 is 0 Å². The summed E-state index contributed by atoms with van der Waals surface area (Å²) in [6, 6.07) is 0. The monoisotopic (exact) mass is 162 g/mol. The molecule has 2 aliphatic rings. The molecule has 0 aromatic rings. The molecule has 1 saturated carbocycles. The minimum atomic E-state index is -0.132. The zero-order valence-electron chi connectivity index (χ0n) is 7.47. The Balaban J connectivity index is 2.40. The molecule has 0 amide bonds. The molecular weight excluding hydrogens is 148 g/mol. The van der Waals surface area contributed by atoms with Gasteiger partial charge in [-0.3, -0.25) is 4.79 Å². The average Bonchev–Trinajstić information content (AvgIpc) is 2.24. The van der Waals surface area contributed by atoms with Gasteiger partial charge in [0.25, 0.3) is 0 Å². The predicted molar refractivity (Wildman–Crippen MR) is 48.8 cm³/mol. The second-order valence-electron chi connectivity index (χ2n) is 3.90. The van der Waals surface area contributed by atoms with Crippen LogP contribution in [0, 0.1) is 5.41 Å². The molecule has 0 aromatic heterocycles. The van der Waals surface area contributed by atoms with Gasteiger partial charge >= 0.3 is 0 Å². The second kappa shape index (κ2) is 2.58. The number of rotatable bonds is 0. The third-order valence-electron chi connectivity index (χ3n) is 3.14. The molecule has 64 valence electrons. The van der Waals surface area contributed by atoms with Crippen LogP contribution in [0.1, 0.15) is 32.6 Å². The topological polar surface area (TPSA) is 17.1 Å². The highest BCUT2D eigenvalue weighted by atomic mass is 16.1. The quantitative estimate of drug-likeness (QED) is 0.500. The van der Waals surface area contributed by atoms with Crippen molar-refractivity contribution in [3.8, 4) is 0 Å². The Labute approximate surface area is 73.2 Å². The molecule has 1 heteroatoms. The number of fused-ring (bicyclic) bond motifs is 1. The first-order chi connectivity index (χ1) is 5.73. The zero-order chi connectivity index (χ0) is 8.60. The lowest BCUT2D eigenvalue weighted by Gasteiger charge is -2.21. The minimum Gasteiger partial charge on any atom is -0.299 e. The van der Waals surface area contributed by atoms with E-state index in [1.54, 1.807) is 0 Å². The molecular formula is C11H14O. The van der Waals surface area contributed by atoms with Crippen LogP contribution in [0.5, 0.6) is 0 Å². The van der Waals surface area contributed by atoms with Crippen LogP contribution in [0.25, 0.3) is 0 Å². The standard InChI is InChI=1S/C11H14O/c1-11-8-4-2-3-5-9(11)6-7-10(11)12/h2,4-5H,3,6-8H2,1H3. The zero-order valence-corrected chi connectivity index (χ0v) is 7.47. The molecule has 1 fully saturated rings. The van der Waals surface area contributed by atoms with Crippen molar-refractivity contribution >= 4 is 5.78 Å². The molecule has 2 aliphatic carbocycles. The van der Waals surface area contributed by atoms with E-state index < -0.39 is 0 Å². The van der Waals surface area contributed by atoms with Crippen molar-refractivity contribution in [3.05, 3.63) is 23.8 Å². The summed E-state index contributed by atoms with van der Waals surface area (Å²) in [5, 5.41) is 0. The first kappa shape index (κ1) is 7.78. The van der Waals surface area contributed by atoms with Crippen molar-refractivity contribution in [1.29, 1.82) is 0 Å². The Morgan fingerprint density at radius 3 is 3.00 bits per heavy atom. The summed E-state index contributed by atoms with van der Waals surface area (Å²) in [6.45, 7) is 2.09. The fourth-order valence-corrected chi connectivity index (χ4v) is 2.18. The van der Waals surface area contributed by atoms with Gasteiger partial charge in [0.1, 0.15) is 5.78 Å². The number of hydrogen-bond acceptors (Lipinski definition) is 1. The van der Waals surface area contributed by atoms with Gasteiger partial charge in [0.05, 0.1) is 5.41 Å². The van der Waals surface area contributed by atoms with E-state index in [4.69, 9.17) is 0 Å². The Morgan fingerprint density at radius 2 is 2.17 bits per heavy atom. The van der Waals surface area contributed by atoms with Gasteiger partial charge in [0.15, 0.2) is 0 Å². The van der Waals surface area contributed by atoms with Gasteiger partial charge in [0.2, 0.25) is 0 Å². The van der Waals surface area contributed by atoms with Crippen molar-refractivity contribution in [2.75, 3.05) is 0 Å². The van der Waals surface area contributed by atoms with Gasteiger partial charge in [-0.25, -0.2) is 0 Å². The van der Waals surface area contributed by atoms with E-state index in [0.29, 0.717) is 5.78 Å². The summed E-state index contributed by atoms with van der Waals surface area (Å²) >= 11 is 0. The summed E-state index contributed by atoms with van der Waals surface area (Å²) in [7, 11) is 0. The predicted octanol–water partition coefficient (Wildman–Crippen LogP) is 2.63. The van der Waals surface area contributed by atoms with E-state index >= 15 is 0 Å². The lowest BCUT2D eigenvalue weighted by Crippen LogP contribution is -2.22. The number of Topliss-reactive ketones (excluding diaryl/α,β-unsaturated/α-hetero) is 1. The molecule has 0 bridgehead atoms. The Hall–Kier alpha value is -0.850. The summed E-state index contributed by atoms with van der Waals surface area (Å²) in [5.41, 5.74) is 1.24. The molecule has 2 rings (SSSR count). The maximum Gasteiger partial charge on any atom is 0.143 e. The van der Waals surface area contributed by atoms with Crippen LogP contribution in [0.4, 0.5) is 0 Å². The molecule has 0 N–H and O–H groups in total. The molecule has 0 spiro atoms. The van der Waals surface area contributed by atoms with Crippen LogP contribution in [0.2, 0.25) is 0 Å². The number of hydrogen-bond donors (Lipinski definition) is 0. The highest BCUT2D eigenvalue weighted by Crippen LogP contribution is 2.43. The number of carbonyl (C=O) groups excluding carboxylic acids is 1. The maximum absolute atomic E-state index is 11.6. The number of ketones is 1. The van der Waals surface area contributed by atoms with Crippen molar-refractivity contribution < 1.29 is 4.79 Å². The van der Waals surface area contributed by atoms with Crippen LogP contribution in [-0.2, 0) is 4.79 Å². The molecule has 1 atom stereocenters. The highest BCUT2D eigenvalue weighted by Gasteiger charge is 2.40. The molecule has 0 heterocycles. The Morgan fingerprint density at radius 1 is 1.33 bits per heavy atom. The summed E-state index contributed by atoms with van der Waals surface area (Å²) in [5.74, 6) is 0.431. The average molecular weight is 162 g/mol. The summed E-state index contributed by atoms with van der Waals surface area (Å²) in [6.07, 6.45) is 10.2. The van der Waals surface area contributed by atoms with Crippen molar-refractivity contribution in [1.82, 2.24) is 0 Å². The van der Waals surface area contributed by atoms with E-state index in [2.05, 4.69) is 25.2 Å². The summed E-state index contributed by atoms with van der Waals surface area (Å²) < 4.78 is 0. The minimum absolute atomic E-state index is 0.132. The van der Waals surface area contributed by atoms with Crippen LogP contribution in [0.3, 0.4) is 0 Å². The van der Waals surface area contributed by atoms with Gasteiger partial charge in [-0.05, 0) is 26.2 Å². The van der Waals surface area contributed by atoms with E-state index in [1.807, 2.05) is 0 Å². The third kappa shape index (κ3) is 0.961. The second-order valence-corrected chi connectivity index (χ2v) is 3.90. The molecule has 0 saturated heterocycles. The van der Waals surface area contributed by atoms with Crippen LogP contribution >= 0.6 is 0 Å². The van der Waals surface area contributed by atoms with E-state index in [9.17, 15) is 4.79 Å². The lowest BCUT2D eigenvalue weighted by atomic mass is 9.81.